The van der Waals surface area contributed by atoms with Crippen LogP contribution in [0, 0.1) is 5.92 Å². The first-order valence-electron chi connectivity index (χ1n) is 10.6. The van der Waals surface area contributed by atoms with E-state index in [1.54, 1.807) is 0 Å². The van der Waals surface area contributed by atoms with Crippen molar-refractivity contribution in [1.82, 2.24) is 10.2 Å². The zero-order valence-corrected chi connectivity index (χ0v) is 16.9. The summed E-state index contributed by atoms with van der Waals surface area (Å²) in [5.41, 5.74) is 6.97. The van der Waals surface area contributed by atoms with Gasteiger partial charge in [-0.25, -0.2) is 0 Å². The molecule has 28 heavy (non-hydrogen) atoms. The fourth-order valence-corrected chi connectivity index (χ4v) is 4.25. The van der Waals surface area contributed by atoms with E-state index in [2.05, 4.69) is 5.32 Å². The largest absolute Gasteiger partial charge is 0.483 e. The molecule has 3 rings (SSSR count). The third-order valence-corrected chi connectivity index (χ3v) is 5.91. The average Bonchev–Trinajstić information content (AvgIpc) is 3.25. The van der Waals surface area contributed by atoms with Gasteiger partial charge in [0.05, 0.1) is 6.04 Å². The van der Waals surface area contributed by atoms with Gasteiger partial charge in [-0.2, -0.15) is 0 Å². The van der Waals surface area contributed by atoms with Gasteiger partial charge >= 0.3 is 0 Å². The third-order valence-electron chi connectivity index (χ3n) is 5.91. The van der Waals surface area contributed by atoms with Gasteiger partial charge in [0.25, 0.3) is 5.91 Å². The quantitative estimate of drug-likeness (QED) is 0.753. The number of rotatable bonds is 7. The van der Waals surface area contributed by atoms with Crippen molar-refractivity contribution in [1.29, 1.82) is 0 Å². The average molecular weight is 388 g/mol. The predicted molar refractivity (Wildman–Crippen MR) is 109 cm³/mol. The molecule has 6 heteroatoms. The highest BCUT2D eigenvalue weighted by Gasteiger charge is 2.28. The van der Waals surface area contributed by atoms with Crippen molar-refractivity contribution in [2.24, 2.45) is 11.7 Å². The molecular formula is C22H33N3O3. The van der Waals surface area contributed by atoms with E-state index in [0.717, 1.165) is 63.6 Å². The van der Waals surface area contributed by atoms with E-state index >= 15 is 0 Å². The Morgan fingerprint density at radius 2 is 1.96 bits per heavy atom. The third kappa shape index (κ3) is 5.25. The first-order chi connectivity index (χ1) is 13.6. The van der Waals surface area contributed by atoms with Gasteiger partial charge in [-0.3, -0.25) is 9.59 Å². The minimum Gasteiger partial charge on any atom is -0.483 e. The highest BCUT2D eigenvalue weighted by molar-refractivity contribution is 5.79. The number of hydrogen-bond donors (Lipinski definition) is 2. The lowest BCUT2D eigenvalue weighted by Crippen LogP contribution is -2.39. The van der Waals surface area contributed by atoms with Gasteiger partial charge in [0.15, 0.2) is 6.61 Å². The number of ether oxygens (including phenoxy) is 1. The van der Waals surface area contributed by atoms with Crippen molar-refractivity contribution >= 4 is 11.8 Å². The number of carbonyl (C=O) groups excluding carboxylic acids is 2. The molecule has 1 heterocycles. The number of likely N-dealkylation sites (tertiary alicyclic amines) is 1. The summed E-state index contributed by atoms with van der Waals surface area (Å²) in [4.78, 5) is 26.9. The molecule has 0 radical (unpaired) electrons. The second-order valence-electron chi connectivity index (χ2n) is 8.01. The molecule has 2 amide bonds. The summed E-state index contributed by atoms with van der Waals surface area (Å²) in [5, 5.41) is 3.19. The monoisotopic (exact) mass is 387 g/mol. The van der Waals surface area contributed by atoms with E-state index in [0.29, 0.717) is 5.75 Å². The van der Waals surface area contributed by atoms with E-state index in [4.69, 9.17) is 10.5 Å². The van der Waals surface area contributed by atoms with E-state index in [1.807, 2.05) is 36.1 Å². The molecule has 154 valence electrons. The number of nitrogens with zero attached hydrogens (tertiary/aromatic N) is 1. The van der Waals surface area contributed by atoms with Crippen molar-refractivity contribution in [3.63, 3.8) is 0 Å². The summed E-state index contributed by atoms with van der Waals surface area (Å²) >= 11 is 0. The summed E-state index contributed by atoms with van der Waals surface area (Å²) in [6.07, 6.45) is 6.55. The summed E-state index contributed by atoms with van der Waals surface area (Å²) in [7, 11) is 0. The molecule has 1 aromatic carbocycles. The molecule has 3 unspecified atom stereocenters. The number of benzene rings is 1. The predicted octanol–water partition coefficient (Wildman–Crippen LogP) is 2.77. The van der Waals surface area contributed by atoms with Gasteiger partial charge in [0.2, 0.25) is 5.91 Å². The normalized spacial score (nSPS) is 23.3. The van der Waals surface area contributed by atoms with E-state index < -0.39 is 0 Å². The lowest BCUT2D eigenvalue weighted by atomic mass is 9.85. The van der Waals surface area contributed by atoms with Crippen LogP contribution < -0.4 is 15.8 Å². The van der Waals surface area contributed by atoms with Gasteiger partial charge < -0.3 is 20.7 Å². The molecule has 3 atom stereocenters. The van der Waals surface area contributed by atoms with Gasteiger partial charge in [0.1, 0.15) is 5.75 Å². The first-order valence-corrected chi connectivity index (χ1v) is 10.6. The molecule has 6 nitrogen and oxygen atoms in total. The molecule has 1 saturated carbocycles. The van der Waals surface area contributed by atoms with Crippen LogP contribution in [0.1, 0.15) is 63.5 Å². The maximum absolute atomic E-state index is 12.8. The molecule has 1 saturated heterocycles. The Bertz CT molecular complexity index is 673. The van der Waals surface area contributed by atoms with Crippen LogP contribution in [0.4, 0.5) is 0 Å². The van der Waals surface area contributed by atoms with Crippen molar-refractivity contribution in [3.05, 3.63) is 29.8 Å². The summed E-state index contributed by atoms with van der Waals surface area (Å²) in [5.74, 6) is 0.760. The second kappa shape index (κ2) is 9.92. The Kier molecular flexibility index (Phi) is 7.31. The Morgan fingerprint density at radius 1 is 1.21 bits per heavy atom. The Balaban J connectivity index is 1.63. The minimum absolute atomic E-state index is 0.0115. The van der Waals surface area contributed by atoms with Crippen molar-refractivity contribution < 1.29 is 14.3 Å². The molecule has 1 aromatic rings. The Hall–Kier alpha value is -2.08. The van der Waals surface area contributed by atoms with Crippen LogP contribution in [0.15, 0.2) is 24.3 Å². The van der Waals surface area contributed by atoms with Gasteiger partial charge in [-0.15, -0.1) is 0 Å². The number of carbonyl (C=O) groups is 2. The number of nitrogens with two attached hydrogens (primary N) is 1. The first kappa shape index (κ1) is 20.6. The molecule has 0 spiro atoms. The molecule has 2 aliphatic rings. The van der Waals surface area contributed by atoms with Crippen LogP contribution in [0.25, 0.3) is 0 Å². The number of hydrogen-bond acceptors (Lipinski definition) is 4. The van der Waals surface area contributed by atoms with E-state index in [-0.39, 0.29) is 36.4 Å². The second-order valence-corrected chi connectivity index (χ2v) is 8.01. The van der Waals surface area contributed by atoms with Gasteiger partial charge in [0, 0.05) is 30.6 Å². The summed E-state index contributed by atoms with van der Waals surface area (Å²) in [6.45, 7) is 3.73. The summed E-state index contributed by atoms with van der Waals surface area (Å²) in [6, 6.07) is 7.67. The molecule has 1 aliphatic carbocycles. The van der Waals surface area contributed by atoms with Crippen LogP contribution in [-0.2, 0) is 9.59 Å². The van der Waals surface area contributed by atoms with Crippen LogP contribution in [0.2, 0.25) is 0 Å². The Morgan fingerprint density at radius 3 is 2.68 bits per heavy atom. The SMILES string of the molecule is CCC(NC(=O)C1CCCC(N)C1)c1ccccc1OCC(=O)N1CCCC1. The van der Waals surface area contributed by atoms with Crippen molar-refractivity contribution in [2.45, 2.75) is 64.0 Å². The van der Waals surface area contributed by atoms with Crippen molar-refractivity contribution in [2.75, 3.05) is 19.7 Å². The number of nitrogens with one attached hydrogen (secondary N) is 1. The van der Waals surface area contributed by atoms with Gasteiger partial charge in [-0.1, -0.05) is 31.5 Å². The summed E-state index contributed by atoms with van der Waals surface area (Å²) < 4.78 is 5.88. The van der Waals surface area contributed by atoms with E-state index in [9.17, 15) is 9.59 Å². The minimum atomic E-state index is -0.135. The lowest BCUT2D eigenvalue weighted by Gasteiger charge is -2.28. The maximum atomic E-state index is 12.8. The van der Waals surface area contributed by atoms with Crippen LogP contribution >= 0.6 is 0 Å². The topological polar surface area (TPSA) is 84.7 Å². The molecule has 1 aliphatic heterocycles. The fourth-order valence-electron chi connectivity index (χ4n) is 4.25. The molecule has 3 N–H and O–H groups in total. The van der Waals surface area contributed by atoms with Crippen LogP contribution in [0.5, 0.6) is 5.75 Å². The van der Waals surface area contributed by atoms with Crippen LogP contribution in [0.3, 0.4) is 0 Å². The fraction of sp³-hybridized carbons (Fsp3) is 0.636. The van der Waals surface area contributed by atoms with E-state index in [1.165, 1.54) is 0 Å². The Labute approximate surface area is 167 Å². The molecule has 2 fully saturated rings. The molecular weight excluding hydrogens is 354 g/mol. The smallest absolute Gasteiger partial charge is 0.260 e. The molecule has 0 bridgehead atoms. The highest BCUT2D eigenvalue weighted by atomic mass is 16.5. The zero-order valence-electron chi connectivity index (χ0n) is 16.9. The highest BCUT2D eigenvalue weighted by Crippen LogP contribution is 2.29. The molecule has 0 aromatic heterocycles. The van der Waals surface area contributed by atoms with Crippen LogP contribution in [-0.4, -0.2) is 42.5 Å². The number of amides is 2. The van der Waals surface area contributed by atoms with Crippen molar-refractivity contribution in [3.8, 4) is 5.75 Å². The standard InChI is InChI=1S/C22H33N3O3/c1-2-19(24-22(27)16-8-7-9-17(23)14-16)18-10-3-4-11-20(18)28-15-21(26)25-12-5-6-13-25/h3-4,10-11,16-17,19H,2,5-9,12-15,23H2,1H3,(H,24,27). The maximum Gasteiger partial charge on any atom is 0.260 e. The lowest BCUT2D eigenvalue weighted by molar-refractivity contribution is -0.132. The zero-order chi connectivity index (χ0) is 19.9. The number of para-hydroxylation sites is 1. The van der Waals surface area contributed by atoms with Gasteiger partial charge in [-0.05, 0) is 44.6 Å².